The van der Waals surface area contributed by atoms with Gasteiger partial charge in [-0.1, -0.05) is 6.07 Å². The number of halogens is 2. The molecule has 1 aliphatic rings. The fraction of sp³-hybridized carbons (Fsp3) is 0.267. The molecule has 0 saturated heterocycles. The van der Waals surface area contributed by atoms with Crippen LogP contribution in [0.15, 0.2) is 29.2 Å². The minimum absolute atomic E-state index is 0.0897. The van der Waals surface area contributed by atoms with Gasteiger partial charge in [-0.3, -0.25) is 14.4 Å². The van der Waals surface area contributed by atoms with Crippen LogP contribution in [0.4, 0.5) is 8.78 Å². The van der Waals surface area contributed by atoms with Gasteiger partial charge >= 0.3 is 12.2 Å². The number of ether oxygens (including phenoxy) is 2. The lowest BCUT2D eigenvalue weighted by molar-refractivity contribution is -0.286. The molecule has 0 radical (unpaired) electrons. The number of rotatable bonds is 3. The van der Waals surface area contributed by atoms with Crippen LogP contribution in [0.5, 0.6) is 11.5 Å². The van der Waals surface area contributed by atoms with Crippen molar-refractivity contribution in [1.29, 1.82) is 0 Å². The van der Waals surface area contributed by atoms with E-state index in [0.717, 1.165) is 9.75 Å². The van der Waals surface area contributed by atoms with Crippen molar-refractivity contribution in [3.05, 3.63) is 45.9 Å². The molecule has 132 valence electrons. The molecule has 2 heterocycles. The Kier molecular flexibility index (Phi) is 3.91. The van der Waals surface area contributed by atoms with Crippen molar-refractivity contribution in [2.75, 3.05) is 14.2 Å². The van der Waals surface area contributed by atoms with Crippen molar-refractivity contribution in [3.63, 3.8) is 0 Å². The number of carbonyl (C=O) groups is 1. The van der Waals surface area contributed by atoms with E-state index < -0.39 is 23.3 Å². The van der Waals surface area contributed by atoms with E-state index in [-0.39, 0.29) is 22.7 Å². The summed E-state index contributed by atoms with van der Waals surface area (Å²) in [6, 6.07) is 4.20. The van der Waals surface area contributed by atoms with Crippen LogP contribution in [0.2, 0.25) is 0 Å². The third kappa shape index (κ3) is 2.91. The summed E-state index contributed by atoms with van der Waals surface area (Å²) in [7, 11) is 2.57. The summed E-state index contributed by atoms with van der Waals surface area (Å²) in [5.41, 5.74) is -0.745. The van der Waals surface area contributed by atoms with E-state index in [1.165, 1.54) is 45.5 Å². The van der Waals surface area contributed by atoms with E-state index >= 15 is 0 Å². The monoisotopic (exact) mass is 353 g/mol. The van der Waals surface area contributed by atoms with Crippen LogP contribution in [0.1, 0.15) is 16.1 Å². The SMILES string of the molecule is CON(C)C(=O)c1nn(-c2cccc3c2OC(F)(F)O3)cc(C)c1=O. The number of aryl methyl sites for hydroxylation is 1. The Hall–Kier alpha value is -3.01. The van der Waals surface area contributed by atoms with Gasteiger partial charge < -0.3 is 9.47 Å². The second-order valence-corrected chi connectivity index (χ2v) is 5.19. The summed E-state index contributed by atoms with van der Waals surface area (Å²) < 4.78 is 36.7. The highest BCUT2D eigenvalue weighted by atomic mass is 19.3. The van der Waals surface area contributed by atoms with Crippen LogP contribution in [-0.4, -0.2) is 41.2 Å². The summed E-state index contributed by atoms with van der Waals surface area (Å²) in [6.45, 7) is 1.47. The summed E-state index contributed by atoms with van der Waals surface area (Å²) in [6.07, 6.45) is -2.50. The molecule has 0 atom stereocenters. The Morgan fingerprint density at radius 1 is 1.36 bits per heavy atom. The van der Waals surface area contributed by atoms with Crippen LogP contribution in [0.3, 0.4) is 0 Å². The summed E-state index contributed by atoms with van der Waals surface area (Å²) in [5, 5.41) is 4.78. The first-order valence-corrected chi connectivity index (χ1v) is 7.05. The molecule has 0 saturated carbocycles. The summed E-state index contributed by atoms with van der Waals surface area (Å²) in [5.74, 6) is -1.20. The largest absolute Gasteiger partial charge is 0.586 e. The van der Waals surface area contributed by atoms with Crippen LogP contribution in [-0.2, 0) is 4.84 Å². The van der Waals surface area contributed by atoms with E-state index in [0.29, 0.717) is 0 Å². The van der Waals surface area contributed by atoms with Crippen LogP contribution < -0.4 is 14.9 Å². The van der Waals surface area contributed by atoms with Gasteiger partial charge in [-0.2, -0.15) is 5.10 Å². The smallest absolute Gasteiger partial charge is 0.395 e. The highest BCUT2D eigenvalue weighted by Gasteiger charge is 2.45. The Morgan fingerprint density at radius 3 is 2.76 bits per heavy atom. The van der Waals surface area contributed by atoms with Crippen LogP contribution >= 0.6 is 0 Å². The molecule has 1 aliphatic heterocycles. The highest BCUT2D eigenvalue weighted by Crippen LogP contribution is 2.44. The van der Waals surface area contributed by atoms with Crippen molar-refractivity contribution < 1.29 is 27.9 Å². The number of hydrogen-bond donors (Lipinski definition) is 0. The number of benzene rings is 1. The normalized spacial score (nSPS) is 14.4. The molecule has 8 nitrogen and oxygen atoms in total. The molecule has 2 aromatic rings. The molecule has 1 aromatic carbocycles. The zero-order chi connectivity index (χ0) is 18.4. The molecule has 1 aromatic heterocycles. The molecular formula is C15H13F2N3O5. The predicted molar refractivity (Wildman–Crippen MR) is 79.9 cm³/mol. The summed E-state index contributed by atoms with van der Waals surface area (Å²) >= 11 is 0. The van der Waals surface area contributed by atoms with Gasteiger partial charge in [0, 0.05) is 18.8 Å². The van der Waals surface area contributed by atoms with Crippen molar-refractivity contribution in [2.24, 2.45) is 0 Å². The highest BCUT2D eigenvalue weighted by molar-refractivity contribution is 5.91. The van der Waals surface area contributed by atoms with Gasteiger partial charge in [0.05, 0.1) is 7.11 Å². The van der Waals surface area contributed by atoms with Gasteiger partial charge in [0.15, 0.2) is 17.2 Å². The maximum Gasteiger partial charge on any atom is 0.586 e. The first-order chi connectivity index (χ1) is 11.7. The Morgan fingerprint density at radius 2 is 2.08 bits per heavy atom. The van der Waals surface area contributed by atoms with Crippen LogP contribution in [0, 0.1) is 6.92 Å². The zero-order valence-corrected chi connectivity index (χ0v) is 13.4. The molecule has 0 aliphatic carbocycles. The third-order valence-corrected chi connectivity index (χ3v) is 3.51. The molecule has 0 unspecified atom stereocenters. The average molecular weight is 353 g/mol. The molecule has 3 rings (SSSR count). The van der Waals surface area contributed by atoms with Gasteiger partial charge in [-0.15, -0.1) is 8.78 Å². The van der Waals surface area contributed by atoms with E-state index in [9.17, 15) is 18.4 Å². The fourth-order valence-corrected chi connectivity index (χ4v) is 2.24. The minimum Gasteiger partial charge on any atom is -0.395 e. The van der Waals surface area contributed by atoms with Gasteiger partial charge in [0.2, 0.25) is 5.43 Å². The third-order valence-electron chi connectivity index (χ3n) is 3.51. The molecule has 1 amide bonds. The van der Waals surface area contributed by atoms with Crippen molar-refractivity contribution in [2.45, 2.75) is 13.2 Å². The fourth-order valence-electron chi connectivity index (χ4n) is 2.24. The van der Waals surface area contributed by atoms with Crippen LogP contribution in [0.25, 0.3) is 5.69 Å². The molecule has 0 spiro atoms. The molecular weight excluding hydrogens is 340 g/mol. The van der Waals surface area contributed by atoms with Crippen molar-refractivity contribution >= 4 is 5.91 Å². The number of carbonyl (C=O) groups excluding carboxylic acids is 1. The van der Waals surface area contributed by atoms with Crippen molar-refractivity contribution in [3.8, 4) is 17.2 Å². The lowest BCUT2D eigenvalue weighted by Crippen LogP contribution is -2.33. The first-order valence-electron chi connectivity index (χ1n) is 7.05. The Balaban J connectivity index is 2.15. The molecule has 0 fully saturated rings. The van der Waals surface area contributed by atoms with Gasteiger partial charge in [0.1, 0.15) is 5.69 Å². The quantitative estimate of drug-likeness (QED) is 0.778. The summed E-state index contributed by atoms with van der Waals surface area (Å²) in [4.78, 5) is 29.2. The lowest BCUT2D eigenvalue weighted by atomic mass is 10.2. The number of hydroxylamine groups is 2. The van der Waals surface area contributed by atoms with Gasteiger partial charge in [-0.25, -0.2) is 9.75 Å². The van der Waals surface area contributed by atoms with E-state index in [1.54, 1.807) is 0 Å². The second-order valence-electron chi connectivity index (χ2n) is 5.19. The van der Waals surface area contributed by atoms with E-state index in [1.807, 2.05) is 0 Å². The lowest BCUT2D eigenvalue weighted by Gasteiger charge is -2.15. The maximum atomic E-state index is 13.3. The first kappa shape index (κ1) is 16.8. The molecule has 0 N–H and O–H groups in total. The number of fused-ring (bicyclic) bond motifs is 1. The average Bonchev–Trinajstić information content (AvgIpc) is 2.89. The van der Waals surface area contributed by atoms with Gasteiger partial charge in [-0.05, 0) is 19.1 Å². The topological polar surface area (TPSA) is 82.9 Å². The van der Waals surface area contributed by atoms with E-state index in [4.69, 9.17) is 4.84 Å². The second kappa shape index (κ2) is 5.81. The molecule has 10 heteroatoms. The number of alkyl halides is 2. The maximum absolute atomic E-state index is 13.3. The number of aromatic nitrogens is 2. The number of para-hydroxylation sites is 1. The Bertz CT molecular complexity index is 913. The molecule has 25 heavy (non-hydrogen) atoms. The Labute approximate surface area is 140 Å². The standard InChI is InChI=1S/C15H13F2N3O5/c1-8-7-20(18-11(12(8)21)14(22)19(2)23-3)9-5-4-6-10-13(9)25-15(16,17)24-10/h4-7H,1-3H3. The van der Waals surface area contributed by atoms with Crippen molar-refractivity contribution in [1.82, 2.24) is 14.8 Å². The molecule has 0 bridgehead atoms. The number of nitrogens with zero attached hydrogens (tertiary/aromatic N) is 3. The minimum atomic E-state index is -3.80. The van der Waals surface area contributed by atoms with E-state index in [2.05, 4.69) is 14.6 Å². The number of amides is 1. The number of hydrogen-bond acceptors (Lipinski definition) is 6. The van der Waals surface area contributed by atoms with Gasteiger partial charge in [0.25, 0.3) is 0 Å². The zero-order valence-electron chi connectivity index (χ0n) is 13.4. The predicted octanol–water partition coefficient (Wildman–Crippen LogP) is 1.50.